The van der Waals surface area contributed by atoms with Gasteiger partial charge in [0, 0.05) is 18.7 Å². The molecular weight excluding hydrogens is 198 g/mol. The fourth-order valence-electron chi connectivity index (χ4n) is 2.83. The minimum Gasteiger partial charge on any atom is -0.396 e. The van der Waals surface area contributed by atoms with Gasteiger partial charge in [-0.15, -0.1) is 0 Å². The summed E-state index contributed by atoms with van der Waals surface area (Å²) in [6.07, 6.45) is 10.5. The van der Waals surface area contributed by atoms with E-state index in [1.165, 1.54) is 38.5 Å². The van der Waals surface area contributed by atoms with Crippen molar-refractivity contribution in [2.45, 2.75) is 77.3 Å². The molecule has 0 radical (unpaired) electrons. The van der Waals surface area contributed by atoms with Gasteiger partial charge >= 0.3 is 0 Å². The van der Waals surface area contributed by atoms with Crippen LogP contribution in [0.1, 0.15) is 65.2 Å². The van der Waals surface area contributed by atoms with Crippen molar-refractivity contribution >= 4 is 0 Å². The minimum atomic E-state index is 0.306. The van der Waals surface area contributed by atoms with Crippen LogP contribution in [0.2, 0.25) is 0 Å². The van der Waals surface area contributed by atoms with Crippen LogP contribution in [0, 0.1) is 5.92 Å². The van der Waals surface area contributed by atoms with Crippen LogP contribution in [0.5, 0.6) is 0 Å². The van der Waals surface area contributed by atoms with Gasteiger partial charge in [0.1, 0.15) is 0 Å². The van der Waals surface area contributed by atoms with E-state index in [1.54, 1.807) is 0 Å². The van der Waals surface area contributed by atoms with Crippen LogP contribution >= 0.6 is 0 Å². The minimum absolute atomic E-state index is 0.306. The molecule has 2 nitrogen and oxygen atoms in total. The Balaban J connectivity index is 2.10. The van der Waals surface area contributed by atoms with Crippen molar-refractivity contribution in [3.8, 4) is 0 Å². The summed E-state index contributed by atoms with van der Waals surface area (Å²) in [5.41, 5.74) is 0. The molecule has 0 amide bonds. The van der Waals surface area contributed by atoms with Crippen molar-refractivity contribution < 1.29 is 5.11 Å². The Bertz CT molecular complexity index is 166. The van der Waals surface area contributed by atoms with Gasteiger partial charge in [0.05, 0.1) is 0 Å². The van der Waals surface area contributed by atoms with E-state index in [2.05, 4.69) is 19.2 Å². The molecule has 1 fully saturated rings. The quantitative estimate of drug-likeness (QED) is 0.668. The molecule has 2 N–H and O–H groups in total. The Kier molecular flexibility index (Phi) is 7.06. The molecule has 1 aliphatic rings. The highest BCUT2D eigenvalue weighted by Crippen LogP contribution is 2.28. The van der Waals surface area contributed by atoms with Crippen LogP contribution in [0.25, 0.3) is 0 Å². The van der Waals surface area contributed by atoms with Gasteiger partial charge in [-0.05, 0) is 38.5 Å². The van der Waals surface area contributed by atoms with Gasteiger partial charge in [0.25, 0.3) is 0 Å². The van der Waals surface area contributed by atoms with Crippen molar-refractivity contribution in [3.63, 3.8) is 0 Å². The molecular formula is C14H29NO. The molecule has 0 saturated heterocycles. The first-order chi connectivity index (χ1) is 7.76. The third-order valence-electron chi connectivity index (χ3n) is 3.97. The van der Waals surface area contributed by atoms with Gasteiger partial charge in [-0.25, -0.2) is 0 Å². The SMILES string of the molecule is CCC(CCO)NC(C)CCC1CCCC1. The van der Waals surface area contributed by atoms with E-state index in [-0.39, 0.29) is 0 Å². The molecule has 0 aromatic rings. The second-order valence-electron chi connectivity index (χ2n) is 5.41. The second kappa shape index (κ2) is 8.08. The summed E-state index contributed by atoms with van der Waals surface area (Å²) >= 11 is 0. The zero-order chi connectivity index (χ0) is 11.8. The first-order valence-corrected chi connectivity index (χ1v) is 7.13. The Morgan fingerprint density at radius 2 is 1.94 bits per heavy atom. The zero-order valence-corrected chi connectivity index (χ0v) is 11.0. The highest BCUT2D eigenvalue weighted by Gasteiger charge is 2.16. The largest absolute Gasteiger partial charge is 0.396 e. The Labute approximate surface area is 101 Å². The summed E-state index contributed by atoms with van der Waals surface area (Å²) in [5, 5.41) is 12.6. The molecule has 1 rings (SSSR count). The van der Waals surface area contributed by atoms with E-state index in [9.17, 15) is 0 Å². The van der Waals surface area contributed by atoms with Gasteiger partial charge < -0.3 is 10.4 Å². The fourth-order valence-corrected chi connectivity index (χ4v) is 2.83. The molecule has 0 spiro atoms. The van der Waals surface area contributed by atoms with Gasteiger partial charge in [-0.1, -0.05) is 32.6 Å². The average Bonchev–Trinajstić information content (AvgIpc) is 2.78. The second-order valence-corrected chi connectivity index (χ2v) is 5.41. The Hall–Kier alpha value is -0.0800. The van der Waals surface area contributed by atoms with Crippen molar-refractivity contribution in [1.82, 2.24) is 5.32 Å². The summed E-state index contributed by atoms with van der Waals surface area (Å²) in [6, 6.07) is 1.11. The number of aliphatic hydroxyl groups excluding tert-OH is 1. The topological polar surface area (TPSA) is 32.3 Å². The number of aliphatic hydroxyl groups is 1. The van der Waals surface area contributed by atoms with Crippen molar-refractivity contribution in [2.75, 3.05) is 6.61 Å². The van der Waals surface area contributed by atoms with Gasteiger partial charge in [0.2, 0.25) is 0 Å². The standard InChI is InChI=1S/C14H29NO/c1-3-14(10-11-16)15-12(2)8-9-13-6-4-5-7-13/h12-16H,3-11H2,1-2H3. The van der Waals surface area contributed by atoms with E-state index >= 15 is 0 Å². The van der Waals surface area contributed by atoms with Crippen LogP contribution in [-0.2, 0) is 0 Å². The highest BCUT2D eigenvalue weighted by atomic mass is 16.3. The first-order valence-electron chi connectivity index (χ1n) is 7.13. The predicted molar refractivity (Wildman–Crippen MR) is 69.6 cm³/mol. The third-order valence-corrected chi connectivity index (χ3v) is 3.97. The summed E-state index contributed by atoms with van der Waals surface area (Å²) in [6.45, 7) is 4.78. The van der Waals surface area contributed by atoms with Crippen molar-refractivity contribution in [2.24, 2.45) is 5.92 Å². The molecule has 0 aromatic carbocycles. The lowest BCUT2D eigenvalue weighted by Gasteiger charge is -2.22. The fraction of sp³-hybridized carbons (Fsp3) is 1.00. The molecule has 2 heteroatoms. The van der Waals surface area contributed by atoms with Crippen LogP contribution < -0.4 is 5.32 Å². The van der Waals surface area contributed by atoms with Crippen molar-refractivity contribution in [3.05, 3.63) is 0 Å². The van der Waals surface area contributed by atoms with Gasteiger partial charge in [0.15, 0.2) is 0 Å². The summed E-state index contributed by atoms with van der Waals surface area (Å²) < 4.78 is 0. The summed E-state index contributed by atoms with van der Waals surface area (Å²) in [5.74, 6) is 1.00. The molecule has 96 valence electrons. The zero-order valence-electron chi connectivity index (χ0n) is 11.0. The van der Waals surface area contributed by atoms with Crippen molar-refractivity contribution in [1.29, 1.82) is 0 Å². The normalized spacial score (nSPS) is 21.2. The first kappa shape index (κ1) is 14.0. The monoisotopic (exact) mass is 227 g/mol. The lowest BCUT2D eigenvalue weighted by molar-refractivity contribution is 0.253. The maximum Gasteiger partial charge on any atom is 0.0445 e. The Morgan fingerprint density at radius 3 is 2.50 bits per heavy atom. The molecule has 1 aliphatic carbocycles. The van der Waals surface area contributed by atoms with Crippen LogP contribution in [0.15, 0.2) is 0 Å². The van der Waals surface area contributed by atoms with Gasteiger partial charge in [-0.3, -0.25) is 0 Å². The van der Waals surface area contributed by atoms with Crippen LogP contribution in [0.4, 0.5) is 0 Å². The molecule has 1 saturated carbocycles. The lowest BCUT2D eigenvalue weighted by Crippen LogP contribution is -2.36. The van der Waals surface area contributed by atoms with E-state index in [4.69, 9.17) is 5.11 Å². The third kappa shape index (κ3) is 5.31. The lowest BCUT2D eigenvalue weighted by atomic mass is 9.98. The van der Waals surface area contributed by atoms with Crippen LogP contribution in [0.3, 0.4) is 0 Å². The van der Waals surface area contributed by atoms with E-state index in [0.717, 1.165) is 18.8 Å². The molecule has 2 atom stereocenters. The predicted octanol–water partition coefficient (Wildman–Crippen LogP) is 3.10. The van der Waals surface area contributed by atoms with Gasteiger partial charge in [-0.2, -0.15) is 0 Å². The van der Waals surface area contributed by atoms with Crippen LogP contribution in [-0.4, -0.2) is 23.8 Å². The Morgan fingerprint density at radius 1 is 1.25 bits per heavy atom. The molecule has 0 aromatic heterocycles. The number of hydrogen-bond acceptors (Lipinski definition) is 2. The maximum absolute atomic E-state index is 8.94. The molecule has 0 heterocycles. The smallest absolute Gasteiger partial charge is 0.0445 e. The maximum atomic E-state index is 8.94. The highest BCUT2D eigenvalue weighted by molar-refractivity contribution is 4.73. The average molecular weight is 227 g/mol. The molecule has 0 bridgehead atoms. The molecule has 0 aliphatic heterocycles. The molecule has 16 heavy (non-hydrogen) atoms. The summed E-state index contributed by atoms with van der Waals surface area (Å²) in [7, 11) is 0. The van der Waals surface area contributed by atoms with E-state index in [0.29, 0.717) is 18.7 Å². The molecule has 2 unspecified atom stereocenters. The number of hydrogen-bond donors (Lipinski definition) is 2. The van der Waals surface area contributed by atoms with E-state index < -0.39 is 0 Å². The summed E-state index contributed by atoms with van der Waals surface area (Å²) in [4.78, 5) is 0. The number of nitrogens with one attached hydrogen (secondary N) is 1. The number of rotatable bonds is 8. The van der Waals surface area contributed by atoms with E-state index in [1.807, 2.05) is 0 Å².